The Morgan fingerprint density at radius 3 is 2.52 bits per heavy atom. The average Bonchev–Trinajstić information content (AvgIpc) is 2.50. The van der Waals surface area contributed by atoms with Gasteiger partial charge in [0.15, 0.2) is 0 Å². The molecule has 6 nitrogen and oxygen atoms in total. The van der Waals surface area contributed by atoms with Gasteiger partial charge in [-0.05, 0) is 42.9 Å². The number of nitrogens with zero attached hydrogens (tertiary/aromatic N) is 1. The predicted octanol–water partition coefficient (Wildman–Crippen LogP) is 2.71. The van der Waals surface area contributed by atoms with Crippen molar-refractivity contribution in [3.63, 3.8) is 0 Å². The molecule has 25 heavy (non-hydrogen) atoms. The van der Waals surface area contributed by atoms with E-state index in [4.69, 9.17) is 28.3 Å². The van der Waals surface area contributed by atoms with Crippen molar-refractivity contribution in [2.45, 2.75) is 11.4 Å². The third-order valence-corrected chi connectivity index (χ3v) is 4.95. The molecule has 0 heterocycles. The van der Waals surface area contributed by atoms with Crippen LogP contribution in [-0.2, 0) is 21.4 Å². The Labute approximate surface area is 156 Å². The molecule has 9 heteroatoms. The van der Waals surface area contributed by atoms with Crippen LogP contribution in [-0.4, -0.2) is 32.8 Å². The number of nitrogens with one attached hydrogen (secondary N) is 1. The molecule has 2 aromatic carbocycles. The SMILES string of the molecule is CN(CC(=O)Nc1cccc(S(N)(=O)=O)c1)Cc1ccc(Cl)c(Cl)c1. The van der Waals surface area contributed by atoms with Crippen LogP contribution in [0.4, 0.5) is 5.69 Å². The molecule has 0 aliphatic rings. The van der Waals surface area contributed by atoms with E-state index < -0.39 is 10.0 Å². The third-order valence-electron chi connectivity index (χ3n) is 3.30. The number of carbonyl (C=O) groups excluding carboxylic acids is 1. The van der Waals surface area contributed by atoms with Crippen molar-refractivity contribution < 1.29 is 13.2 Å². The van der Waals surface area contributed by atoms with Crippen molar-refractivity contribution in [1.29, 1.82) is 0 Å². The Kier molecular flexibility index (Phi) is 6.42. The molecule has 0 atom stereocenters. The normalized spacial score (nSPS) is 11.6. The van der Waals surface area contributed by atoms with E-state index in [0.717, 1.165) is 5.56 Å². The average molecular weight is 402 g/mol. The van der Waals surface area contributed by atoms with Gasteiger partial charge in [0.05, 0.1) is 21.5 Å². The molecule has 1 amide bonds. The Morgan fingerprint density at radius 2 is 1.88 bits per heavy atom. The molecule has 3 N–H and O–H groups in total. The highest BCUT2D eigenvalue weighted by atomic mass is 35.5. The first-order chi connectivity index (χ1) is 11.6. The van der Waals surface area contributed by atoms with E-state index in [9.17, 15) is 13.2 Å². The number of anilines is 1. The molecule has 0 aliphatic carbocycles. The highest BCUT2D eigenvalue weighted by molar-refractivity contribution is 7.89. The highest BCUT2D eigenvalue weighted by Gasteiger charge is 2.11. The molecule has 0 aliphatic heterocycles. The van der Waals surface area contributed by atoms with E-state index in [0.29, 0.717) is 22.3 Å². The molecule has 0 saturated heterocycles. The summed E-state index contributed by atoms with van der Waals surface area (Å²) < 4.78 is 22.7. The fourth-order valence-electron chi connectivity index (χ4n) is 2.20. The molecule has 0 radical (unpaired) electrons. The highest BCUT2D eigenvalue weighted by Crippen LogP contribution is 2.23. The summed E-state index contributed by atoms with van der Waals surface area (Å²) in [5.74, 6) is -0.283. The summed E-state index contributed by atoms with van der Waals surface area (Å²) in [5, 5.41) is 8.65. The lowest BCUT2D eigenvalue weighted by atomic mass is 10.2. The number of halogens is 2. The molecular weight excluding hydrogens is 385 g/mol. The lowest BCUT2D eigenvalue weighted by Gasteiger charge is -2.17. The summed E-state index contributed by atoms with van der Waals surface area (Å²) in [7, 11) is -2.04. The summed E-state index contributed by atoms with van der Waals surface area (Å²) in [6.07, 6.45) is 0. The van der Waals surface area contributed by atoms with Crippen molar-refractivity contribution >= 4 is 44.8 Å². The summed E-state index contributed by atoms with van der Waals surface area (Å²) in [6, 6.07) is 11.0. The van der Waals surface area contributed by atoms with Crippen LogP contribution in [0.25, 0.3) is 0 Å². The van der Waals surface area contributed by atoms with E-state index in [1.807, 2.05) is 6.07 Å². The van der Waals surface area contributed by atoms with Crippen molar-refractivity contribution in [1.82, 2.24) is 4.90 Å². The summed E-state index contributed by atoms with van der Waals surface area (Å²) in [4.78, 5) is 13.8. The predicted molar refractivity (Wildman–Crippen MR) is 99.2 cm³/mol. The minimum absolute atomic E-state index is 0.0607. The summed E-state index contributed by atoms with van der Waals surface area (Å²) in [6.45, 7) is 0.612. The van der Waals surface area contributed by atoms with Gasteiger partial charge in [0.1, 0.15) is 0 Å². The molecule has 0 bridgehead atoms. The van der Waals surface area contributed by atoms with Gasteiger partial charge in [-0.2, -0.15) is 0 Å². The Morgan fingerprint density at radius 1 is 1.16 bits per heavy atom. The minimum atomic E-state index is -3.82. The van der Waals surface area contributed by atoms with Crippen molar-refractivity contribution in [2.24, 2.45) is 5.14 Å². The molecule has 0 aromatic heterocycles. The topological polar surface area (TPSA) is 92.5 Å². The third kappa shape index (κ3) is 5.98. The molecule has 2 aromatic rings. The number of primary sulfonamides is 1. The lowest BCUT2D eigenvalue weighted by Crippen LogP contribution is -2.29. The van der Waals surface area contributed by atoms with Gasteiger partial charge in [0.2, 0.25) is 15.9 Å². The van der Waals surface area contributed by atoms with E-state index in [1.54, 1.807) is 30.1 Å². The Bertz CT molecular complexity index is 888. The van der Waals surface area contributed by atoms with Gasteiger partial charge >= 0.3 is 0 Å². The zero-order valence-electron chi connectivity index (χ0n) is 13.4. The van der Waals surface area contributed by atoms with Gasteiger partial charge in [0.25, 0.3) is 0 Å². The number of amides is 1. The van der Waals surface area contributed by atoms with E-state index >= 15 is 0 Å². The van der Waals surface area contributed by atoms with Crippen LogP contribution < -0.4 is 10.5 Å². The van der Waals surface area contributed by atoms with E-state index in [-0.39, 0.29) is 17.3 Å². The van der Waals surface area contributed by atoms with Crippen LogP contribution in [0.1, 0.15) is 5.56 Å². The first-order valence-electron chi connectivity index (χ1n) is 7.20. The van der Waals surface area contributed by atoms with Gasteiger partial charge in [-0.3, -0.25) is 9.69 Å². The second kappa shape index (κ2) is 8.16. The standard InChI is InChI=1S/C16H17Cl2N3O3S/c1-21(9-11-5-6-14(17)15(18)7-11)10-16(22)20-12-3-2-4-13(8-12)25(19,23)24/h2-8H,9-10H2,1H3,(H,20,22)(H2,19,23,24). The zero-order chi connectivity index (χ0) is 18.6. The Hall–Kier alpha value is -1.64. The quantitative estimate of drug-likeness (QED) is 0.777. The van der Waals surface area contributed by atoms with Crippen LogP contribution in [0.15, 0.2) is 47.4 Å². The van der Waals surface area contributed by atoms with Crippen molar-refractivity contribution in [2.75, 3.05) is 18.9 Å². The van der Waals surface area contributed by atoms with Gasteiger partial charge in [0, 0.05) is 12.2 Å². The fraction of sp³-hybridized carbons (Fsp3) is 0.188. The van der Waals surface area contributed by atoms with Crippen molar-refractivity contribution in [3.8, 4) is 0 Å². The number of likely N-dealkylation sites (N-methyl/N-ethyl adjacent to an activating group) is 1. The number of hydrogen-bond donors (Lipinski definition) is 2. The number of rotatable bonds is 6. The maximum Gasteiger partial charge on any atom is 0.238 e. The van der Waals surface area contributed by atoms with Crippen LogP contribution in [0.2, 0.25) is 10.0 Å². The maximum absolute atomic E-state index is 12.1. The largest absolute Gasteiger partial charge is 0.325 e. The molecule has 0 fully saturated rings. The number of benzene rings is 2. The molecule has 0 unspecified atom stereocenters. The number of sulfonamides is 1. The minimum Gasteiger partial charge on any atom is -0.325 e. The van der Waals surface area contributed by atoms with Crippen LogP contribution >= 0.6 is 23.2 Å². The number of carbonyl (C=O) groups is 1. The smallest absolute Gasteiger partial charge is 0.238 e. The zero-order valence-corrected chi connectivity index (χ0v) is 15.7. The van der Waals surface area contributed by atoms with Crippen LogP contribution in [0.5, 0.6) is 0 Å². The molecular formula is C16H17Cl2N3O3S. The maximum atomic E-state index is 12.1. The van der Waals surface area contributed by atoms with Gasteiger partial charge in [-0.15, -0.1) is 0 Å². The van der Waals surface area contributed by atoms with E-state index in [1.165, 1.54) is 18.2 Å². The second-order valence-electron chi connectivity index (χ2n) is 5.54. The summed E-state index contributed by atoms with van der Waals surface area (Å²) >= 11 is 11.8. The summed E-state index contributed by atoms with van der Waals surface area (Å²) in [5.41, 5.74) is 1.28. The van der Waals surface area contributed by atoms with Gasteiger partial charge < -0.3 is 5.32 Å². The number of nitrogens with two attached hydrogens (primary N) is 1. The lowest BCUT2D eigenvalue weighted by molar-refractivity contribution is -0.117. The van der Waals surface area contributed by atoms with Crippen LogP contribution in [0, 0.1) is 0 Å². The first kappa shape index (κ1) is 19.7. The second-order valence-corrected chi connectivity index (χ2v) is 7.92. The van der Waals surface area contributed by atoms with Gasteiger partial charge in [-0.1, -0.05) is 35.3 Å². The van der Waals surface area contributed by atoms with Crippen LogP contribution in [0.3, 0.4) is 0 Å². The Balaban J connectivity index is 1.96. The molecule has 134 valence electrons. The molecule has 0 spiro atoms. The van der Waals surface area contributed by atoms with Gasteiger partial charge in [-0.25, -0.2) is 13.6 Å². The van der Waals surface area contributed by atoms with E-state index in [2.05, 4.69) is 5.32 Å². The number of hydrogen-bond acceptors (Lipinski definition) is 4. The molecule has 2 rings (SSSR count). The monoisotopic (exact) mass is 401 g/mol. The first-order valence-corrected chi connectivity index (χ1v) is 9.50. The van der Waals surface area contributed by atoms with Crippen molar-refractivity contribution in [3.05, 3.63) is 58.1 Å². The fourth-order valence-corrected chi connectivity index (χ4v) is 3.08. The molecule has 0 saturated carbocycles.